The number of hydrogen-bond acceptors (Lipinski definition) is 6. The van der Waals surface area contributed by atoms with Crippen molar-refractivity contribution in [1.82, 2.24) is 48.2 Å². The Kier molecular flexibility index (Phi) is 18.5. The van der Waals surface area contributed by atoms with Gasteiger partial charge in [0.15, 0.2) is 23.3 Å². The van der Waals surface area contributed by atoms with Gasteiger partial charge < -0.3 is 9.13 Å². The fourth-order valence-corrected chi connectivity index (χ4v) is 17.0. The van der Waals surface area contributed by atoms with E-state index in [2.05, 4.69) is 301 Å². The van der Waals surface area contributed by atoms with E-state index in [0.717, 1.165) is 130 Å². The molecule has 0 bridgehead atoms. The van der Waals surface area contributed by atoms with Gasteiger partial charge in [-0.05, 0) is 140 Å². The van der Waals surface area contributed by atoms with E-state index in [4.69, 9.17) is 29.9 Å². The minimum absolute atomic E-state index is 0.000534. The number of allylic oxidation sites excluding steroid dienone is 4. The van der Waals surface area contributed by atoms with Crippen molar-refractivity contribution in [3.63, 3.8) is 0 Å². The monoisotopic (exact) mass is 1410 g/mol. The maximum atomic E-state index is 5.60. The first-order chi connectivity index (χ1) is 53.2. The number of para-hydroxylation sites is 4. The number of nitrogens with zero attached hydrogens (tertiary/aromatic N) is 10. The van der Waals surface area contributed by atoms with Crippen LogP contribution in [0.2, 0.25) is 0 Å². The number of aromatic nitrogens is 10. The van der Waals surface area contributed by atoms with Crippen LogP contribution in [0.3, 0.4) is 0 Å². The molecule has 0 unspecified atom stereocenters. The van der Waals surface area contributed by atoms with Crippen molar-refractivity contribution in [3.8, 4) is 63.1 Å². The molecule has 1 aliphatic rings. The number of rotatable bonds is 24. The highest BCUT2D eigenvalue weighted by atomic mass is 15.2. The molecule has 1 aliphatic carbocycles. The summed E-state index contributed by atoms with van der Waals surface area (Å²) in [5, 5.41) is 9.63. The fourth-order valence-electron chi connectivity index (χ4n) is 17.0. The average Bonchev–Trinajstić information content (AvgIpc) is 1.54. The molecule has 108 heavy (non-hydrogen) atoms. The Labute approximate surface area is 631 Å². The van der Waals surface area contributed by atoms with Crippen LogP contribution in [0.1, 0.15) is 140 Å². The third-order valence-electron chi connectivity index (χ3n) is 22.4. The topological polar surface area (TPSA) is 97.1 Å². The Balaban J connectivity index is 0.653. The largest absolute Gasteiger partial charge is 0.308 e. The predicted molar refractivity (Wildman–Crippen MR) is 451 cm³/mol. The fraction of sp³-hybridized carbons (Fsp3) is 0.224. The molecule has 10 heteroatoms. The molecule has 0 N–H and O–H groups in total. The third-order valence-corrected chi connectivity index (χ3v) is 22.4. The van der Waals surface area contributed by atoms with Gasteiger partial charge in [-0.15, -0.1) is 0 Å². The molecular formula is C98H90N10. The lowest BCUT2D eigenvalue weighted by Crippen LogP contribution is -2.11. The van der Waals surface area contributed by atoms with E-state index in [1.165, 1.54) is 123 Å². The van der Waals surface area contributed by atoms with Crippen LogP contribution in [0, 0.1) is 0 Å². The summed E-state index contributed by atoms with van der Waals surface area (Å²) < 4.78 is 9.65. The Hall–Kier alpha value is -11.9. The molecule has 10 nitrogen and oxygen atoms in total. The lowest BCUT2D eigenvalue weighted by atomic mass is 9.87. The van der Waals surface area contributed by atoms with Crippen LogP contribution in [0.25, 0.3) is 156 Å². The summed E-state index contributed by atoms with van der Waals surface area (Å²) in [6.45, 7) is 9.15. The van der Waals surface area contributed by atoms with E-state index in [1.807, 2.05) is 12.1 Å². The van der Waals surface area contributed by atoms with Crippen molar-refractivity contribution in [2.45, 2.75) is 142 Å². The van der Waals surface area contributed by atoms with Gasteiger partial charge in [0, 0.05) is 76.7 Å². The maximum Gasteiger partial charge on any atom is 0.238 e. The Bertz CT molecular complexity index is 6220. The first-order valence-electron chi connectivity index (χ1n) is 39.4. The molecule has 0 atom stereocenters. The summed E-state index contributed by atoms with van der Waals surface area (Å²) in [4.78, 5) is 32.6. The molecule has 18 rings (SSSR count). The molecule has 0 fully saturated rings. The van der Waals surface area contributed by atoms with Gasteiger partial charge in [-0.1, -0.05) is 292 Å². The van der Waals surface area contributed by atoms with Crippen molar-refractivity contribution in [1.29, 1.82) is 0 Å². The smallest absolute Gasteiger partial charge is 0.238 e. The molecule has 6 heterocycles. The summed E-state index contributed by atoms with van der Waals surface area (Å²) in [6, 6.07) is 90.4. The van der Waals surface area contributed by atoms with Crippen LogP contribution in [-0.4, -0.2) is 48.2 Å². The van der Waals surface area contributed by atoms with Crippen LogP contribution in [0.15, 0.2) is 267 Å². The summed E-state index contributed by atoms with van der Waals surface area (Å²) in [5.74, 6) is 3.81. The van der Waals surface area contributed by atoms with E-state index < -0.39 is 0 Å². The van der Waals surface area contributed by atoms with Crippen LogP contribution >= 0.6 is 0 Å². The summed E-state index contributed by atoms with van der Waals surface area (Å²) in [6.07, 6.45) is 26.3. The van der Waals surface area contributed by atoms with Gasteiger partial charge in [0.05, 0.1) is 44.1 Å². The Morgan fingerprint density at radius 3 is 1.26 bits per heavy atom. The molecule has 0 amide bonds. The summed E-state index contributed by atoms with van der Waals surface area (Å²) in [5.41, 5.74) is 20.4. The van der Waals surface area contributed by atoms with Gasteiger partial charge in [0.1, 0.15) is 0 Å². The van der Waals surface area contributed by atoms with Gasteiger partial charge in [0.2, 0.25) is 11.9 Å². The quantitative estimate of drug-likeness (QED) is 0.0559. The zero-order chi connectivity index (χ0) is 72.7. The van der Waals surface area contributed by atoms with Gasteiger partial charge in [-0.3, -0.25) is 9.13 Å². The zero-order valence-corrected chi connectivity index (χ0v) is 62.4. The van der Waals surface area contributed by atoms with Crippen molar-refractivity contribution in [2.75, 3.05) is 0 Å². The van der Waals surface area contributed by atoms with E-state index in [-0.39, 0.29) is 5.41 Å². The molecule has 0 radical (unpaired) electrons. The van der Waals surface area contributed by atoms with Crippen LogP contribution < -0.4 is 0 Å². The van der Waals surface area contributed by atoms with E-state index in [1.54, 1.807) is 0 Å². The Morgan fingerprint density at radius 2 is 0.750 bits per heavy atom. The summed E-state index contributed by atoms with van der Waals surface area (Å²) in [7, 11) is 0. The lowest BCUT2D eigenvalue weighted by molar-refractivity contribution is 0.590. The molecule has 0 spiro atoms. The highest BCUT2D eigenvalue weighted by Crippen LogP contribution is 2.46. The van der Waals surface area contributed by atoms with Crippen molar-refractivity contribution < 1.29 is 0 Å². The highest BCUT2D eigenvalue weighted by Gasteiger charge is 2.28. The minimum Gasteiger partial charge on any atom is -0.308 e. The normalized spacial score (nSPS) is 12.8. The SMILES string of the molecule is CCCCCCCCc1cccc(-c2nc(-c3cccc(CCCCCCCCc4cc5c6ccccc6n(-c6nc(-c7ccccc7)nc(-c7ccccc7)n6)c5c5c4c4ccccc4n5-c4ccc(C(C)(C)C)cc4)c3)nc(-n3c4ccccc4c4ccc5c6ccccc6n(C6=CCCC=C6)c5c43)n2)c1. The molecule has 532 valence electrons. The molecular weight excluding hydrogens is 1320 g/mol. The lowest BCUT2D eigenvalue weighted by Gasteiger charge is -2.20. The second-order valence-corrected chi connectivity index (χ2v) is 30.7. The van der Waals surface area contributed by atoms with Crippen molar-refractivity contribution >= 4 is 92.9 Å². The van der Waals surface area contributed by atoms with E-state index >= 15 is 0 Å². The second-order valence-electron chi connectivity index (χ2n) is 30.7. The molecule has 17 aromatic rings. The molecule has 11 aromatic carbocycles. The third kappa shape index (κ3) is 12.8. The summed E-state index contributed by atoms with van der Waals surface area (Å²) >= 11 is 0. The predicted octanol–water partition coefficient (Wildman–Crippen LogP) is 25.6. The molecule has 6 aromatic heterocycles. The average molecular weight is 1410 g/mol. The zero-order valence-electron chi connectivity index (χ0n) is 62.4. The first-order valence-corrected chi connectivity index (χ1v) is 39.4. The molecule has 0 aliphatic heterocycles. The minimum atomic E-state index is 0.000534. The second kappa shape index (κ2) is 29.5. The van der Waals surface area contributed by atoms with Gasteiger partial charge in [0.25, 0.3) is 0 Å². The molecule has 0 saturated carbocycles. The number of benzene rings is 11. The van der Waals surface area contributed by atoms with Gasteiger partial charge in [-0.25, -0.2) is 9.97 Å². The van der Waals surface area contributed by atoms with Crippen LogP contribution in [0.4, 0.5) is 0 Å². The van der Waals surface area contributed by atoms with E-state index in [0.29, 0.717) is 35.2 Å². The Morgan fingerprint density at radius 1 is 0.324 bits per heavy atom. The number of hydrogen-bond donors (Lipinski definition) is 0. The van der Waals surface area contributed by atoms with Crippen molar-refractivity contribution in [2.24, 2.45) is 0 Å². The highest BCUT2D eigenvalue weighted by molar-refractivity contribution is 6.26. The number of fused-ring (bicyclic) bond motifs is 14. The van der Waals surface area contributed by atoms with Crippen LogP contribution in [0.5, 0.6) is 0 Å². The number of aryl methyl sites for hydroxylation is 3. The number of unbranched alkanes of at least 4 members (excludes halogenated alkanes) is 10. The van der Waals surface area contributed by atoms with Crippen LogP contribution in [-0.2, 0) is 24.7 Å². The molecule has 0 saturated heterocycles. The van der Waals surface area contributed by atoms with Gasteiger partial charge in [-0.2, -0.15) is 19.9 Å². The van der Waals surface area contributed by atoms with Crippen molar-refractivity contribution in [3.05, 3.63) is 289 Å². The standard InChI is InChI=1S/C98H90N10/c1-5-6-7-8-11-17-36-66-38-34-45-71(63-66)94-100-95(104-97(103-94)107-84-54-31-27-50-77(84)80-62-61-79-76-49-26-30-53-83(76)105(88(79)89(80)107)74-47-24-16-25-48-74)72-46-35-39-67(64-72)37-18-12-9-10-13-19-44-70-65-82-78-51-28-32-55-85(78)108(96-101-92(68-40-20-14-21-41-68)99-93(102-96)69-42-22-15-23-43-69)90(82)91-87(70)81-52-29-33-56-86(81)106(91)75-59-57-73(58-60-75)98(2,3)4/h14-15,20-24,26-35,38-43,45-65H,5-13,16-19,25,36-37,44H2,1-4H3. The van der Waals surface area contributed by atoms with Gasteiger partial charge >= 0.3 is 0 Å². The first kappa shape index (κ1) is 68.0. The maximum absolute atomic E-state index is 5.60. The van der Waals surface area contributed by atoms with E-state index in [9.17, 15) is 0 Å².